The van der Waals surface area contributed by atoms with Crippen LogP contribution in [0, 0.1) is 35.6 Å². The standard InChI is InChI=1S/Al.La.Mg.Ti. The Balaban J connectivity index is 0. The maximum absolute atomic E-state index is 0. The van der Waals surface area contributed by atoms with E-state index in [1.165, 1.54) is 0 Å². The summed E-state index contributed by atoms with van der Waals surface area (Å²) in [6.45, 7) is 0. The van der Waals surface area contributed by atoms with Gasteiger partial charge in [0.2, 0.25) is 0 Å². The van der Waals surface area contributed by atoms with Crippen LogP contribution in [0.3, 0.4) is 0 Å². The van der Waals surface area contributed by atoms with E-state index in [0.717, 1.165) is 0 Å². The van der Waals surface area contributed by atoms with Crippen molar-refractivity contribution in [1.29, 1.82) is 0 Å². The molecule has 0 atom stereocenters. The van der Waals surface area contributed by atoms with Crippen LogP contribution in [-0.4, -0.2) is 40.4 Å². The second kappa shape index (κ2) is 16.4. The van der Waals surface area contributed by atoms with Gasteiger partial charge in [-0.2, -0.15) is 0 Å². The molecule has 0 aliphatic carbocycles. The Hall–Kier alpha value is 3.21. The summed E-state index contributed by atoms with van der Waals surface area (Å²) in [5, 5.41) is 0. The van der Waals surface area contributed by atoms with Crippen LogP contribution >= 0.6 is 0 Å². The Bertz CT molecular complexity index is 8.00. The van der Waals surface area contributed by atoms with Crippen LogP contribution in [0.4, 0.5) is 0 Å². The van der Waals surface area contributed by atoms with Crippen molar-refractivity contribution in [3.63, 3.8) is 0 Å². The summed E-state index contributed by atoms with van der Waals surface area (Å²) in [7, 11) is 0. The molecule has 0 saturated carbocycles. The van der Waals surface area contributed by atoms with Crippen molar-refractivity contribution in [3.8, 4) is 0 Å². The molecular weight excluding hydrogens is 238 g/mol. The fraction of sp³-hybridized carbons (Fsp3) is 0. The first-order valence-corrected chi connectivity index (χ1v) is 0. The van der Waals surface area contributed by atoms with Crippen molar-refractivity contribution < 1.29 is 57.3 Å². The molecule has 0 aliphatic rings. The van der Waals surface area contributed by atoms with Gasteiger partial charge in [0.15, 0.2) is 0 Å². The topological polar surface area (TPSA) is 0 Å². The summed E-state index contributed by atoms with van der Waals surface area (Å²) >= 11 is 0. The third-order valence-corrected chi connectivity index (χ3v) is 0. The van der Waals surface area contributed by atoms with Crippen LogP contribution in [0.15, 0.2) is 0 Å². The Morgan fingerprint density at radius 2 is 1.00 bits per heavy atom. The van der Waals surface area contributed by atoms with Gasteiger partial charge < -0.3 is 0 Å². The van der Waals surface area contributed by atoms with Gasteiger partial charge in [-0.3, -0.25) is 0 Å². The molecule has 0 N–H and O–H groups in total. The predicted octanol–water partition coefficient (Wildman–Crippen LogP) is -0.764. The van der Waals surface area contributed by atoms with E-state index < -0.39 is 0 Å². The molecule has 0 aromatic rings. The molecule has 12 valence electrons. The van der Waals surface area contributed by atoms with Gasteiger partial charge >= 0.3 is 0 Å². The second-order valence-electron chi connectivity index (χ2n) is 0. The maximum atomic E-state index is 0. The van der Waals surface area contributed by atoms with Gasteiger partial charge in [0.25, 0.3) is 0 Å². The maximum Gasteiger partial charge on any atom is 0 e. The largest absolute Gasteiger partial charge is 0 e. The van der Waals surface area contributed by atoms with E-state index in [2.05, 4.69) is 0 Å². The van der Waals surface area contributed by atoms with Gasteiger partial charge in [0.1, 0.15) is 0 Å². The number of rotatable bonds is 0. The first kappa shape index (κ1) is 27.0. The fourth-order valence-electron chi connectivity index (χ4n) is 0. The van der Waals surface area contributed by atoms with E-state index in [1.54, 1.807) is 0 Å². The summed E-state index contributed by atoms with van der Waals surface area (Å²) in [6.07, 6.45) is 0. The molecule has 0 spiro atoms. The molecule has 6 radical (unpaired) electrons. The average Bonchev–Trinajstić information content (AvgIpc) is 0. The van der Waals surface area contributed by atoms with Crippen LogP contribution in [0.1, 0.15) is 0 Å². The van der Waals surface area contributed by atoms with Crippen LogP contribution < -0.4 is 0 Å². The van der Waals surface area contributed by atoms with Crippen molar-refractivity contribution in [2.24, 2.45) is 0 Å². The summed E-state index contributed by atoms with van der Waals surface area (Å²) in [5.74, 6) is 0. The monoisotopic (exact) mass is 238 g/mol. The quantitative estimate of drug-likeness (QED) is 0.486. The molecule has 0 rings (SSSR count). The summed E-state index contributed by atoms with van der Waals surface area (Å²) in [5.41, 5.74) is 0. The van der Waals surface area contributed by atoms with Crippen molar-refractivity contribution in [1.82, 2.24) is 0 Å². The molecular formula is AlLaMgTi. The van der Waals surface area contributed by atoms with E-state index in [4.69, 9.17) is 0 Å². The Kier molecular flexibility index (Phi) is 110. The van der Waals surface area contributed by atoms with Crippen LogP contribution in [0.2, 0.25) is 0 Å². The molecule has 0 unspecified atom stereocenters. The zero-order valence-corrected chi connectivity index (χ0v) is 10.1. The van der Waals surface area contributed by atoms with Gasteiger partial charge in [-0.05, 0) is 0 Å². The zero-order chi connectivity index (χ0) is 0. The molecule has 0 fully saturated rings. The first-order valence-electron chi connectivity index (χ1n) is 0. The van der Waals surface area contributed by atoms with Crippen molar-refractivity contribution >= 4 is 40.4 Å². The molecule has 0 bridgehead atoms. The third-order valence-electron chi connectivity index (χ3n) is 0. The molecule has 0 amide bonds. The SMILES string of the molecule is [Al].[La].[Mg].[Ti]. The first-order chi connectivity index (χ1) is 0. The molecule has 0 heterocycles. The summed E-state index contributed by atoms with van der Waals surface area (Å²) in [6, 6.07) is 0. The number of hydrogen-bond donors (Lipinski definition) is 0. The van der Waals surface area contributed by atoms with Gasteiger partial charge in [-0.15, -0.1) is 0 Å². The van der Waals surface area contributed by atoms with Crippen LogP contribution in [0.5, 0.6) is 0 Å². The molecule has 0 saturated heterocycles. The van der Waals surface area contributed by atoms with Crippen LogP contribution in [0.25, 0.3) is 0 Å². The normalized spacial score (nSPS) is 0. The van der Waals surface area contributed by atoms with E-state index >= 15 is 0 Å². The third kappa shape index (κ3) is 8.96. The molecule has 0 nitrogen and oxygen atoms in total. The van der Waals surface area contributed by atoms with Crippen molar-refractivity contribution in [3.05, 3.63) is 0 Å². The summed E-state index contributed by atoms with van der Waals surface area (Å²) in [4.78, 5) is 0. The molecule has 4 heteroatoms. The van der Waals surface area contributed by atoms with E-state index in [-0.39, 0.29) is 97.7 Å². The van der Waals surface area contributed by atoms with E-state index in [0.29, 0.717) is 0 Å². The van der Waals surface area contributed by atoms with Gasteiger partial charge in [-0.1, -0.05) is 0 Å². The minimum atomic E-state index is 0. The van der Waals surface area contributed by atoms with E-state index in [1.807, 2.05) is 0 Å². The Morgan fingerprint density at radius 1 is 1.00 bits per heavy atom. The molecule has 0 aliphatic heterocycles. The molecule has 0 aromatic heterocycles. The smallest absolute Gasteiger partial charge is 0 e. The minimum absolute atomic E-state index is 0. The summed E-state index contributed by atoms with van der Waals surface area (Å²) < 4.78 is 0. The Labute approximate surface area is 95.6 Å². The van der Waals surface area contributed by atoms with E-state index in [9.17, 15) is 0 Å². The number of hydrogen-bond acceptors (Lipinski definition) is 0. The average molecular weight is 238 g/mol. The minimum Gasteiger partial charge on any atom is 0 e. The van der Waals surface area contributed by atoms with Crippen molar-refractivity contribution in [2.45, 2.75) is 0 Å². The van der Waals surface area contributed by atoms with Crippen LogP contribution in [-0.2, 0) is 21.7 Å². The predicted molar refractivity (Wildman–Crippen MR) is 11.5 cm³/mol. The molecule has 4 heavy (non-hydrogen) atoms. The molecule has 0 aromatic carbocycles. The van der Waals surface area contributed by atoms with Crippen molar-refractivity contribution in [2.75, 3.05) is 0 Å². The Morgan fingerprint density at radius 3 is 1.00 bits per heavy atom. The zero-order valence-electron chi connectivity index (χ0n) is 2.36. The van der Waals surface area contributed by atoms with Gasteiger partial charge in [-0.25, -0.2) is 0 Å². The van der Waals surface area contributed by atoms with Gasteiger partial charge in [0.05, 0.1) is 0 Å². The van der Waals surface area contributed by atoms with Gasteiger partial charge in [0, 0.05) is 97.7 Å². The fourth-order valence-corrected chi connectivity index (χ4v) is 0. The second-order valence-corrected chi connectivity index (χ2v) is 0.